The largest absolute Gasteiger partial charge is 0.301 e. The monoisotopic (exact) mass is 378 g/mol. The minimum absolute atomic E-state index is 0.0719. The number of rotatable bonds is 5. The Kier molecular flexibility index (Phi) is 5.40. The molecule has 0 bridgehead atoms. The van der Waals surface area contributed by atoms with Gasteiger partial charge in [-0.15, -0.1) is 0 Å². The van der Waals surface area contributed by atoms with Crippen LogP contribution >= 0.6 is 15.9 Å². The zero-order chi connectivity index (χ0) is 15.6. The molecule has 1 atom stereocenters. The maximum Gasteiger partial charge on any atom is 0.241 e. The van der Waals surface area contributed by atoms with Crippen molar-refractivity contribution < 1.29 is 12.8 Å². The van der Waals surface area contributed by atoms with Crippen molar-refractivity contribution in [2.24, 2.45) is 5.92 Å². The van der Waals surface area contributed by atoms with Crippen molar-refractivity contribution in [3.05, 3.63) is 28.5 Å². The van der Waals surface area contributed by atoms with E-state index in [1.165, 1.54) is 6.07 Å². The number of nitrogens with one attached hydrogen (secondary N) is 1. The van der Waals surface area contributed by atoms with E-state index in [1.807, 2.05) is 0 Å². The van der Waals surface area contributed by atoms with Gasteiger partial charge in [0, 0.05) is 23.6 Å². The SMILES string of the molecule is CC(C)N1CCC(CNS(=O)(=O)c2ccc(F)cc2Br)C1. The van der Waals surface area contributed by atoms with Crippen LogP contribution in [0.15, 0.2) is 27.6 Å². The topological polar surface area (TPSA) is 49.4 Å². The Morgan fingerprint density at radius 3 is 2.76 bits per heavy atom. The van der Waals surface area contributed by atoms with Gasteiger partial charge >= 0.3 is 0 Å². The summed E-state index contributed by atoms with van der Waals surface area (Å²) in [6, 6.07) is 4.06. The molecule has 0 amide bonds. The minimum Gasteiger partial charge on any atom is -0.301 e. The van der Waals surface area contributed by atoms with Crippen molar-refractivity contribution in [1.82, 2.24) is 9.62 Å². The van der Waals surface area contributed by atoms with Gasteiger partial charge in [0.25, 0.3) is 0 Å². The van der Waals surface area contributed by atoms with E-state index in [0.29, 0.717) is 18.5 Å². The van der Waals surface area contributed by atoms with Gasteiger partial charge in [-0.05, 0) is 66.9 Å². The second-order valence-corrected chi connectivity index (χ2v) is 8.26. The van der Waals surface area contributed by atoms with Crippen molar-refractivity contribution in [3.8, 4) is 0 Å². The lowest BCUT2D eigenvalue weighted by Crippen LogP contribution is -2.33. The van der Waals surface area contributed by atoms with Gasteiger partial charge in [-0.25, -0.2) is 17.5 Å². The Balaban J connectivity index is 1.99. The summed E-state index contributed by atoms with van der Waals surface area (Å²) in [5, 5.41) is 0. The van der Waals surface area contributed by atoms with Gasteiger partial charge in [0.15, 0.2) is 0 Å². The molecule has 1 aliphatic rings. The summed E-state index contributed by atoms with van der Waals surface area (Å²) < 4.78 is 40.4. The zero-order valence-electron chi connectivity index (χ0n) is 12.1. The third kappa shape index (κ3) is 4.25. The van der Waals surface area contributed by atoms with E-state index in [1.54, 1.807) is 0 Å². The van der Waals surface area contributed by atoms with Crippen LogP contribution in [0.3, 0.4) is 0 Å². The van der Waals surface area contributed by atoms with Gasteiger partial charge in [0.05, 0.1) is 4.90 Å². The molecular weight excluding hydrogens is 359 g/mol. The molecular formula is C14H20BrFN2O2S. The average Bonchev–Trinajstić information content (AvgIpc) is 2.85. The smallest absolute Gasteiger partial charge is 0.241 e. The zero-order valence-corrected chi connectivity index (χ0v) is 14.5. The van der Waals surface area contributed by atoms with E-state index in [2.05, 4.69) is 39.4 Å². The predicted octanol–water partition coefficient (Wildman–Crippen LogP) is 2.60. The van der Waals surface area contributed by atoms with Crippen LogP contribution in [0.1, 0.15) is 20.3 Å². The Morgan fingerprint density at radius 2 is 2.19 bits per heavy atom. The molecule has 7 heteroatoms. The van der Waals surface area contributed by atoms with Crippen molar-refractivity contribution in [2.45, 2.75) is 31.2 Å². The summed E-state index contributed by atoms with van der Waals surface area (Å²) >= 11 is 3.10. The maximum atomic E-state index is 13.0. The molecule has 0 aliphatic carbocycles. The fraction of sp³-hybridized carbons (Fsp3) is 0.571. The lowest BCUT2D eigenvalue weighted by Gasteiger charge is -2.20. The molecule has 21 heavy (non-hydrogen) atoms. The number of hydrogen-bond acceptors (Lipinski definition) is 3. The number of nitrogens with zero attached hydrogens (tertiary/aromatic N) is 1. The van der Waals surface area contributed by atoms with Crippen LogP contribution < -0.4 is 4.72 Å². The third-order valence-electron chi connectivity index (χ3n) is 3.79. The number of hydrogen-bond donors (Lipinski definition) is 1. The maximum absolute atomic E-state index is 13.0. The summed E-state index contributed by atoms with van der Waals surface area (Å²) in [5.74, 6) is -0.148. The van der Waals surface area contributed by atoms with Crippen LogP contribution in [0.4, 0.5) is 4.39 Å². The number of sulfonamides is 1. The summed E-state index contributed by atoms with van der Waals surface area (Å²) in [6.45, 7) is 6.61. The van der Waals surface area contributed by atoms with E-state index in [-0.39, 0.29) is 9.37 Å². The van der Waals surface area contributed by atoms with Crippen molar-refractivity contribution in [1.29, 1.82) is 0 Å². The van der Waals surface area contributed by atoms with Gasteiger partial charge < -0.3 is 4.90 Å². The molecule has 2 rings (SSSR count). The van der Waals surface area contributed by atoms with Gasteiger partial charge in [-0.2, -0.15) is 0 Å². The first kappa shape index (κ1) is 16.9. The Bertz CT molecular complexity index is 607. The van der Waals surface area contributed by atoms with E-state index >= 15 is 0 Å². The Labute approximate surface area is 133 Å². The molecule has 0 radical (unpaired) electrons. The molecule has 1 aromatic carbocycles. The molecule has 1 heterocycles. The molecule has 118 valence electrons. The van der Waals surface area contributed by atoms with Crippen LogP contribution in [-0.4, -0.2) is 39.0 Å². The average molecular weight is 379 g/mol. The second-order valence-electron chi connectivity index (χ2n) is 5.67. The van der Waals surface area contributed by atoms with Gasteiger partial charge in [-0.1, -0.05) is 0 Å². The first-order valence-corrected chi connectivity index (χ1v) is 9.26. The summed E-state index contributed by atoms with van der Waals surface area (Å²) in [4.78, 5) is 2.41. The minimum atomic E-state index is -3.61. The van der Waals surface area contributed by atoms with Crippen LogP contribution in [0, 0.1) is 11.7 Å². The van der Waals surface area contributed by atoms with Crippen molar-refractivity contribution in [2.75, 3.05) is 19.6 Å². The molecule has 1 unspecified atom stereocenters. The molecule has 1 fully saturated rings. The molecule has 1 N–H and O–H groups in total. The van der Waals surface area contributed by atoms with E-state index in [0.717, 1.165) is 31.6 Å². The predicted molar refractivity (Wildman–Crippen MR) is 84.1 cm³/mol. The highest BCUT2D eigenvalue weighted by molar-refractivity contribution is 9.10. The lowest BCUT2D eigenvalue weighted by molar-refractivity contribution is 0.265. The highest BCUT2D eigenvalue weighted by Gasteiger charge is 2.26. The third-order valence-corrected chi connectivity index (χ3v) is 6.19. The van der Waals surface area contributed by atoms with Crippen molar-refractivity contribution >= 4 is 26.0 Å². The number of halogens is 2. The van der Waals surface area contributed by atoms with E-state index in [9.17, 15) is 12.8 Å². The number of likely N-dealkylation sites (tertiary alicyclic amines) is 1. The van der Waals surface area contributed by atoms with Crippen LogP contribution in [0.5, 0.6) is 0 Å². The first-order chi connectivity index (χ1) is 9.79. The van der Waals surface area contributed by atoms with Gasteiger partial charge in [0.2, 0.25) is 10.0 Å². The standard InChI is InChI=1S/C14H20BrFN2O2S/c1-10(2)18-6-5-11(9-18)8-17-21(19,20)14-4-3-12(16)7-13(14)15/h3-4,7,10-11,17H,5-6,8-9H2,1-2H3. The van der Waals surface area contributed by atoms with Gasteiger partial charge in [0.1, 0.15) is 5.82 Å². The van der Waals surface area contributed by atoms with E-state index in [4.69, 9.17) is 0 Å². The Hall–Kier alpha value is -0.500. The molecule has 4 nitrogen and oxygen atoms in total. The van der Waals surface area contributed by atoms with Crippen LogP contribution in [0.25, 0.3) is 0 Å². The van der Waals surface area contributed by atoms with E-state index < -0.39 is 15.8 Å². The summed E-state index contributed by atoms with van der Waals surface area (Å²) in [7, 11) is -3.61. The van der Waals surface area contributed by atoms with Crippen molar-refractivity contribution in [3.63, 3.8) is 0 Å². The molecule has 1 aromatic rings. The quantitative estimate of drug-likeness (QED) is 0.856. The van der Waals surface area contributed by atoms with Crippen LogP contribution in [0.2, 0.25) is 0 Å². The van der Waals surface area contributed by atoms with Crippen LogP contribution in [-0.2, 0) is 10.0 Å². The normalized spacial score (nSPS) is 20.3. The molecule has 0 aromatic heterocycles. The fourth-order valence-electron chi connectivity index (χ4n) is 2.50. The fourth-order valence-corrected chi connectivity index (χ4v) is 4.66. The molecule has 0 saturated carbocycles. The second kappa shape index (κ2) is 6.73. The highest BCUT2D eigenvalue weighted by atomic mass is 79.9. The first-order valence-electron chi connectivity index (χ1n) is 6.98. The lowest BCUT2D eigenvalue weighted by atomic mass is 10.1. The molecule has 1 aliphatic heterocycles. The summed E-state index contributed by atoms with van der Waals surface area (Å²) in [6.07, 6.45) is 0.991. The molecule has 1 saturated heterocycles. The molecule has 0 spiro atoms. The summed E-state index contributed by atoms with van der Waals surface area (Å²) in [5.41, 5.74) is 0. The number of benzene rings is 1. The highest BCUT2D eigenvalue weighted by Crippen LogP contribution is 2.23. The van der Waals surface area contributed by atoms with Gasteiger partial charge in [-0.3, -0.25) is 0 Å². The Morgan fingerprint density at radius 1 is 1.48 bits per heavy atom.